The number of nitrogens with zero attached hydrogens (tertiary/aromatic N) is 2. The van der Waals surface area contributed by atoms with Gasteiger partial charge in [0.2, 0.25) is 0 Å². The van der Waals surface area contributed by atoms with Gasteiger partial charge in [0.15, 0.2) is 0 Å². The van der Waals surface area contributed by atoms with Gasteiger partial charge in [-0.15, -0.1) is 0 Å². The second kappa shape index (κ2) is 3.92. The van der Waals surface area contributed by atoms with Crippen LogP contribution in [0.15, 0.2) is 16.3 Å². The lowest BCUT2D eigenvalue weighted by Crippen LogP contribution is -2.31. The molecule has 0 aromatic rings. The second-order valence-electron chi connectivity index (χ2n) is 4.76. The summed E-state index contributed by atoms with van der Waals surface area (Å²) in [6, 6.07) is 0.245. The molecule has 1 saturated heterocycles. The van der Waals surface area contributed by atoms with E-state index in [-0.39, 0.29) is 18.4 Å². The van der Waals surface area contributed by atoms with Crippen molar-refractivity contribution in [1.82, 2.24) is 4.90 Å². The van der Waals surface area contributed by atoms with Crippen molar-refractivity contribution in [3.63, 3.8) is 0 Å². The van der Waals surface area contributed by atoms with Crippen molar-refractivity contribution in [3.05, 3.63) is 11.3 Å². The maximum Gasteiger partial charge on any atom is 0.303 e. The van der Waals surface area contributed by atoms with Crippen LogP contribution in [0.1, 0.15) is 33.6 Å². The van der Waals surface area contributed by atoms with Crippen LogP contribution in [0.3, 0.4) is 0 Å². The fourth-order valence-corrected chi connectivity index (χ4v) is 2.59. The van der Waals surface area contributed by atoms with Gasteiger partial charge in [-0.3, -0.25) is 9.79 Å². The first-order valence-corrected chi connectivity index (χ1v) is 5.72. The summed E-state index contributed by atoms with van der Waals surface area (Å²) in [5.41, 5.74) is 2.59. The van der Waals surface area contributed by atoms with Gasteiger partial charge < -0.3 is 10.0 Å². The highest BCUT2D eigenvalue weighted by atomic mass is 16.4. The first-order valence-electron chi connectivity index (χ1n) is 5.72. The van der Waals surface area contributed by atoms with Crippen LogP contribution in [-0.4, -0.2) is 34.4 Å². The first kappa shape index (κ1) is 11.2. The molecule has 0 saturated carbocycles. The zero-order chi connectivity index (χ0) is 11.9. The van der Waals surface area contributed by atoms with Crippen molar-refractivity contribution in [2.24, 2.45) is 10.9 Å². The molecule has 2 atom stereocenters. The summed E-state index contributed by atoms with van der Waals surface area (Å²) in [4.78, 5) is 17.5. The number of hydrogen-bond donors (Lipinski definition) is 1. The van der Waals surface area contributed by atoms with E-state index in [9.17, 15) is 4.79 Å². The standard InChI is InChI=1S/C12H18N2O2/c1-7-8(2)13-9(3)14-6-10(4-11(7)14)5-12(15)16/h8,10H,4-6H2,1-3H3,(H,15,16). The number of allylic oxidation sites excluding steroid dienone is 1. The van der Waals surface area contributed by atoms with Gasteiger partial charge in [-0.25, -0.2) is 0 Å². The molecule has 0 aliphatic carbocycles. The predicted octanol–water partition coefficient (Wildman–Crippen LogP) is 1.88. The lowest BCUT2D eigenvalue weighted by Gasteiger charge is -2.28. The van der Waals surface area contributed by atoms with Crippen molar-refractivity contribution in [1.29, 1.82) is 0 Å². The van der Waals surface area contributed by atoms with Gasteiger partial charge in [-0.05, 0) is 38.7 Å². The third kappa shape index (κ3) is 1.84. The number of amidine groups is 1. The van der Waals surface area contributed by atoms with Crippen LogP contribution in [-0.2, 0) is 4.79 Å². The zero-order valence-electron chi connectivity index (χ0n) is 10.0. The third-order valence-electron chi connectivity index (χ3n) is 3.56. The Labute approximate surface area is 95.7 Å². The third-order valence-corrected chi connectivity index (χ3v) is 3.56. The molecule has 2 aliphatic rings. The fourth-order valence-electron chi connectivity index (χ4n) is 2.59. The molecule has 0 amide bonds. The minimum absolute atomic E-state index is 0.234. The Kier molecular flexibility index (Phi) is 2.74. The van der Waals surface area contributed by atoms with Crippen LogP contribution >= 0.6 is 0 Å². The number of carboxylic acids is 1. The summed E-state index contributed by atoms with van der Waals surface area (Å²) in [5.74, 6) is 0.560. The summed E-state index contributed by atoms with van der Waals surface area (Å²) in [7, 11) is 0. The van der Waals surface area contributed by atoms with Crippen LogP contribution in [0, 0.1) is 5.92 Å². The molecule has 2 aliphatic heterocycles. The molecule has 16 heavy (non-hydrogen) atoms. The van der Waals surface area contributed by atoms with Crippen molar-refractivity contribution < 1.29 is 9.90 Å². The van der Waals surface area contributed by atoms with Gasteiger partial charge in [0.25, 0.3) is 0 Å². The molecular weight excluding hydrogens is 204 g/mol. The molecule has 88 valence electrons. The molecule has 0 bridgehead atoms. The Morgan fingerprint density at radius 3 is 2.88 bits per heavy atom. The Morgan fingerprint density at radius 1 is 1.56 bits per heavy atom. The van der Waals surface area contributed by atoms with Crippen LogP contribution < -0.4 is 0 Å². The molecule has 1 N–H and O–H groups in total. The monoisotopic (exact) mass is 222 g/mol. The van der Waals surface area contributed by atoms with Crippen LogP contribution in [0.4, 0.5) is 0 Å². The Bertz CT molecular complexity index is 384. The smallest absolute Gasteiger partial charge is 0.303 e. The zero-order valence-corrected chi connectivity index (χ0v) is 10.0. The molecule has 0 aromatic heterocycles. The topological polar surface area (TPSA) is 52.9 Å². The van der Waals surface area contributed by atoms with Crippen molar-refractivity contribution >= 4 is 11.8 Å². The number of rotatable bonds is 2. The molecule has 2 heterocycles. The molecule has 4 heteroatoms. The maximum atomic E-state index is 10.7. The maximum absolute atomic E-state index is 10.7. The second-order valence-corrected chi connectivity index (χ2v) is 4.76. The fraction of sp³-hybridized carbons (Fsp3) is 0.667. The van der Waals surface area contributed by atoms with Crippen molar-refractivity contribution in [2.75, 3.05) is 6.54 Å². The SMILES string of the molecule is CC1=NC(C)C(C)=C2CC(CC(=O)O)CN12. The lowest BCUT2D eigenvalue weighted by molar-refractivity contribution is -0.137. The molecule has 2 unspecified atom stereocenters. The van der Waals surface area contributed by atoms with E-state index in [0.29, 0.717) is 0 Å². The van der Waals surface area contributed by atoms with Gasteiger partial charge in [-0.1, -0.05) is 0 Å². The summed E-state index contributed by atoms with van der Waals surface area (Å²) in [5, 5.41) is 8.83. The van der Waals surface area contributed by atoms with Crippen LogP contribution in [0.5, 0.6) is 0 Å². The van der Waals surface area contributed by atoms with Crippen molar-refractivity contribution in [3.8, 4) is 0 Å². The van der Waals surface area contributed by atoms with E-state index in [0.717, 1.165) is 18.8 Å². The van der Waals surface area contributed by atoms with Crippen LogP contribution in [0.2, 0.25) is 0 Å². The van der Waals surface area contributed by atoms with E-state index in [4.69, 9.17) is 5.11 Å². The molecule has 0 aromatic carbocycles. The number of carboxylic acid groups (broad SMARTS) is 1. The summed E-state index contributed by atoms with van der Waals surface area (Å²) < 4.78 is 0. The predicted molar refractivity (Wildman–Crippen MR) is 62.3 cm³/mol. The summed E-state index contributed by atoms with van der Waals surface area (Å²) >= 11 is 0. The highest BCUT2D eigenvalue weighted by molar-refractivity contribution is 5.83. The minimum Gasteiger partial charge on any atom is -0.481 e. The Hall–Kier alpha value is -1.32. The van der Waals surface area contributed by atoms with Gasteiger partial charge in [0.05, 0.1) is 12.5 Å². The number of fused-ring (bicyclic) bond motifs is 1. The highest BCUT2D eigenvalue weighted by Crippen LogP contribution is 2.35. The van der Waals surface area contributed by atoms with Gasteiger partial charge >= 0.3 is 5.97 Å². The number of carbonyl (C=O) groups is 1. The van der Waals surface area contributed by atoms with E-state index in [1.165, 1.54) is 11.3 Å². The molecular formula is C12H18N2O2. The highest BCUT2D eigenvalue weighted by Gasteiger charge is 2.33. The quantitative estimate of drug-likeness (QED) is 0.776. The molecule has 0 radical (unpaired) electrons. The molecule has 1 fully saturated rings. The minimum atomic E-state index is -0.703. The molecule has 0 spiro atoms. The van der Waals surface area contributed by atoms with Gasteiger partial charge in [0, 0.05) is 12.2 Å². The van der Waals surface area contributed by atoms with Crippen LogP contribution in [0.25, 0.3) is 0 Å². The number of hydrogen-bond acceptors (Lipinski definition) is 3. The molecule has 2 rings (SSSR count). The first-order chi connectivity index (χ1) is 7.49. The average Bonchev–Trinajstić information content (AvgIpc) is 2.58. The number of aliphatic imine (C=N–C) groups is 1. The number of aliphatic carboxylic acids is 1. The largest absolute Gasteiger partial charge is 0.481 e. The molecule has 4 nitrogen and oxygen atoms in total. The van der Waals surface area contributed by atoms with E-state index in [1.54, 1.807) is 0 Å². The van der Waals surface area contributed by atoms with E-state index >= 15 is 0 Å². The normalized spacial score (nSPS) is 29.2. The Balaban J connectivity index is 2.20. The Morgan fingerprint density at radius 2 is 2.25 bits per heavy atom. The summed E-state index contributed by atoms with van der Waals surface area (Å²) in [6.07, 6.45) is 1.14. The van der Waals surface area contributed by atoms with E-state index in [1.807, 2.05) is 6.92 Å². The van der Waals surface area contributed by atoms with E-state index < -0.39 is 5.97 Å². The average molecular weight is 222 g/mol. The van der Waals surface area contributed by atoms with E-state index in [2.05, 4.69) is 23.7 Å². The summed E-state index contributed by atoms with van der Waals surface area (Å²) in [6.45, 7) is 7.01. The van der Waals surface area contributed by atoms with Crippen molar-refractivity contribution in [2.45, 2.75) is 39.7 Å². The van der Waals surface area contributed by atoms with Gasteiger partial charge in [0.1, 0.15) is 5.84 Å². The lowest BCUT2D eigenvalue weighted by atomic mass is 10.00. The van der Waals surface area contributed by atoms with Gasteiger partial charge in [-0.2, -0.15) is 0 Å².